The summed E-state index contributed by atoms with van der Waals surface area (Å²) < 4.78 is 10.5. The minimum absolute atomic E-state index is 0.220. The van der Waals surface area contributed by atoms with Crippen molar-refractivity contribution >= 4 is 0 Å². The summed E-state index contributed by atoms with van der Waals surface area (Å²) in [7, 11) is 0. The van der Waals surface area contributed by atoms with E-state index in [-0.39, 0.29) is 6.10 Å². The molecular formula is C10H18N2O2. The van der Waals surface area contributed by atoms with Gasteiger partial charge >= 0.3 is 0 Å². The van der Waals surface area contributed by atoms with Crippen molar-refractivity contribution in [2.75, 3.05) is 6.54 Å². The predicted molar refractivity (Wildman–Crippen MR) is 53.8 cm³/mol. The summed E-state index contributed by atoms with van der Waals surface area (Å²) in [4.78, 5) is 0. The summed E-state index contributed by atoms with van der Waals surface area (Å²) in [6, 6.07) is 1.92. The first-order valence-electron chi connectivity index (χ1n) is 4.99. The van der Waals surface area contributed by atoms with Gasteiger partial charge in [0.2, 0.25) is 0 Å². The van der Waals surface area contributed by atoms with Gasteiger partial charge < -0.3 is 14.6 Å². The van der Waals surface area contributed by atoms with Crippen molar-refractivity contribution in [1.82, 2.24) is 10.5 Å². The molecule has 0 amide bonds. The molecule has 1 N–H and O–H groups in total. The molecule has 0 fully saturated rings. The van der Waals surface area contributed by atoms with E-state index in [1.165, 1.54) is 0 Å². The molecule has 0 bridgehead atoms. The van der Waals surface area contributed by atoms with Gasteiger partial charge in [0, 0.05) is 12.6 Å². The molecule has 0 aliphatic carbocycles. The fourth-order valence-corrected chi connectivity index (χ4v) is 1.01. The van der Waals surface area contributed by atoms with Gasteiger partial charge in [0.25, 0.3) is 0 Å². The van der Waals surface area contributed by atoms with E-state index < -0.39 is 0 Å². The Hall–Kier alpha value is -0.870. The Balaban J connectivity index is 2.35. The lowest BCUT2D eigenvalue weighted by atomic mass is 10.3. The maximum absolute atomic E-state index is 5.39. The number of aromatic nitrogens is 1. The highest BCUT2D eigenvalue weighted by atomic mass is 16.5. The van der Waals surface area contributed by atoms with Crippen molar-refractivity contribution in [2.45, 2.75) is 40.0 Å². The van der Waals surface area contributed by atoms with Crippen molar-refractivity contribution in [3.8, 4) is 0 Å². The van der Waals surface area contributed by atoms with E-state index in [0.29, 0.717) is 6.61 Å². The van der Waals surface area contributed by atoms with Gasteiger partial charge in [-0.05, 0) is 20.4 Å². The number of nitrogens with zero attached hydrogens (tertiary/aromatic N) is 1. The van der Waals surface area contributed by atoms with Crippen LogP contribution < -0.4 is 5.32 Å². The molecule has 1 rings (SSSR count). The van der Waals surface area contributed by atoms with Gasteiger partial charge in [-0.15, -0.1) is 0 Å². The smallest absolute Gasteiger partial charge is 0.162 e. The molecule has 0 aliphatic rings. The van der Waals surface area contributed by atoms with Crippen molar-refractivity contribution in [3.63, 3.8) is 0 Å². The predicted octanol–water partition coefficient (Wildman–Crippen LogP) is 1.71. The summed E-state index contributed by atoms with van der Waals surface area (Å²) in [5, 5.41) is 7.09. The van der Waals surface area contributed by atoms with E-state index >= 15 is 0 Å². The van der Waals surface area contributed by atoms with Gasteiger partial charge in [-0.2, -0.15) is 0 Å². The molecule has 4 heteroatoms. The Morgan fingerprint density at radius 1 is 1.57 bits per heavy atom. The zero-order valence-corrected chi connectivity index (χ0v) is 9.04. The highest BCUT2D eigenvalue weighted by Gasteiger charge is 2.04. The molecule has 0 atom stereocenters. The van der Waals surface area contributed by atoms with Gasteiger partial charge in [-0.25, -0.2) is 0 Å². The lowest BCUT2D eigenvalue weighted by Gasteiger charge is -2.03. The second-order valence-corrected chi connectivity index (χ2v) is 3.42. The summed E-state index contributed by atoms with van der Waals surface area (Å²) >= 11 is 0. The van der Waals surface area contributed by atoms with Crippen LogP contribution in [0, 0.1) is 0 Å². The molecule has 1 heterocycles. The van der Waals surface area contributed by atoms with Crippen molar-refractivity contribution in [1.29, 1.82) is 0 Å². The second kappa shape index (κ2) is 5.78. The number of hydrogen-bond donors (Lipinski definition) is 1. The molecule has 0 unspecified atom stereocenters. The molecule has 1 aromatic rings. The summed E-state index contributed by atoms with van der Waals surface area (Å²) in [5.41, 5.74) is 0.925. The third kappa shape index (κ3) is 3.89. The van der Waals surface area contributed by atoms with Crippen LogP contribution in [-0.4, -0.2) is 17.8 Å². The maximum Gasteiger partial charge on any atom is 0.162 e. The molecule has 0 spiro atoms. The van der Waals surface area contributed by atoms with E-state index in [9.17, 15) is 0 Å². The third-order valence-electron chi connectivity index (χ3n) is 1.72. The van der Waals surface area contributed by atoms with Gasteiger partial charge in [-0.3, -0.25) is 0 Å². The first kappa shape index (κ1) is 11.2. The standard InChI is InChI=1S/C10H18N2O2/c1-4-11-6-9-5-10(14-12-9)7-13-8(2)3/h5,8,11H,4,6-7H2,1-3H3. The lowest BCUT2D eigenvalue weighted by molar-refractivity contribution is 0.0512. The largest absolute Gasteiger partial charge is 0.371 e. The molecule has 1 aromatic heterocycles. The Bertz CT molecular complexity index is 258. The number of ether oxygens (including phenoxy) is 1. The molecule has 0 saturated heterocycles. The Morgan fingerprint density at radius 2 is 2.36 bits per heavy atom. The summed E-state index contributed by atoms with van der Waals surface area (Å²) in [6.45, 7) is 8.23. The quantitative estimate of drug-likeness (QED) is 0.756. The van der Waals surface area contributed by atoms with Gasteiger partial charge in [-0.1, -0.05) is 12.1 Å². The zero-order valence-electron chi connectivity index (χ0n) is 9.04. The Morgan fingerprint density at radius 3 is 3.00 bits per heavy atom. The lowest BCUT2D eigenvalue weighted by Crippen LogP contribution is -2.11. The third-order valence-corrected chi connectivity index (χ3v) is 1.72. The van der Waals surface area contributed by atoms with Crippen molar-refractivity contribution < 1.29 is 9.26 Å². The first-order chi connectivity index (χ1) is 6.72. The second-order valence-electron chi connectivity index (χ2n) is 3.42. The first-order valence-corrected chi connectivity index (χ1v) is 4.99. The average molecular weight is 198 g/mol. The SMILES string of the molecule is CCNCc1cc(COC(C)C)on1. The van der Waals surface area contributed by atoms with Crippen LogP contribution in [0.25, 0.3) is 0 Å². The minimum atomic E-state index is 0.220. The van der Waals surface area contributed by atoms with Crippen LogP contribution in [-0.2, 0) is 17.9 Å². The van der Waals surface area contributed by atoms with Gasteiger partial charge in [0.15, 0.2) is 5.76 Å². The number of nitrogens with one attached hydrogen (secondary N) is 1. The van der Waals surface area contributed by atoms with E-state index in [1.54, 1.807) is 0 Å². The van der Waals surface area contributed by atoms with E-state index in [4.69, 9.17) is 9.26 Å². The topological polar surface area (TPSA) is 47.3 Å². The summed E-state index contributed by atoms with van der Waals surface area (Å²) in [5.74, 6) is 0.784. The molecule has 0 aromatic carbocycles. The normalized spacial score (nSPS) is 11.1. The highest BCUT2D eigenvalue weighted by molar-refractivity contribution is 5.04. The highest BCUT2D eigenvalue weighted by Crippen LogP contribution is 2.06. The fourth-order valence-electron chi connectivity index (χ4n) is 1.01. The number of hydrogen-bond acceptors (Lipinski definition) is 4. The summed E-state index contributed by atoms with van der Waals surface area (Å²) in [6.07, 6.45) is 0.220. The molecule has 14 heavy (non-hydrogen) atoms. The zero-order chi connectivity index (χ0) is 10.4. The Labute approximate surface area is 84.6 Å². The molecule has 80 valence electrons. The Kier molecular flexibility index (Phi) is 4.62. The van der Waals surface area contributed by atoms with Crippen LogP contribution in [0.4, 0.5) is 0 Å². The molecule has 4 nitrogen and oxygen atoms in total. The van der Waals surface area contributed by atoms with Crippen LogP contribution in [0.5, 0.6) is 0 Å². The van der Waals surface area contributed by atoms with Crippen LogP contribution >= 0.6 is 0 Å². The van der Waals surface area contributed by atoms with Gasteiger partial charge in [0.05, 0.1) is 11.8 Å². The van der Waals surface area contributed by atoms with Crippen LogP contribution in [0.2, 0.25) is 0 Å². The van der Waals surface area contributed by atoms with E-state index in [1.807, 2.05) is 19.9 Å². The monoisotopic (exact) mass is 198 g/mol. The van der Waals surface area contributed by atoms with Crippen molar-refractivity contribution in [2.24, 2.45) is 0 Å². The molecule has 0 saturated carbocycles. The molecule has 0 radical (unpaired) electrons. The van der Waals surface area contributed by atoms with E-state index in [2.05, 4.69) is 17.4 Å². The molecular weight excluding hydrogens is 180 g/mol. The van der Waals surface area contributed by atoms with Crippen LogP contribution in [0.1, 0.15) is 32.2 Å². The minimum Gasteiger partial charge on any atom is -0.371 e. The maximum atomic E-state index is 5.39. The molecule has 0 aliphatic heterocycles. The van der Waals surface area contributed by atoms with E-state index in [0.717, 1.165) is 24.5 Å². The fraction of sp³-hybridized carbons (Fsp3) is 0.700. The average Bonchev–Trinajstić information content (AvgIpc) is 2.59. The van der Waals surface area contributed by atoms with Crippen LogP contribution in [0.3, 0.4) is 0 Å². The van der Waals surface area contributed by atoms with Crippen molar-refractivity contribution in [3.05, 3.63) is 17.5 Å². The van der Waals surface area contributed by atoms with Crippen LogP contribution in [0.15, 0.2) is 10.6 Å². The van der Waals surface area contributed by atoms with Gasteiger partial charge in [0.1, 0.15) is 6.61 Å². The number of rotatable bonds is 6.